The van der Waals surface area contributed by atoms with E-state index in [0.717, 1.165) is 25.2 Å². The normalized spacial score (nSPS) is 16.0. The minimum atomic E-state index is -0.472. The number of hydrogen-bond acceptors (Lipinski definition) is 6. The third-order valence-corrected chi connectivity index (χ3v) is 3.69. The zero-order valence-corrected chi connectivity index (χ0v) is 14.4. The minimum absolute atomic E-state index is 0.252. The Morgan fingerprint density at radius 2 is 2.04 bits per heavy atom. The Morgan fingerprint density at radius 3 is 2.70 bits per heavy atom. The molecule has 0 aliphatic carbocycles. The highest BCUT2D eigenvalue weighted by Gasteiger charge is 2.25. The van der Waals surface area contributed by atoms with Gasteiger partial charge in [-0.25, -0.2) is 9.78 Å². The largest absolute Gasteiger partial charge is 0.444 e. The molecule has 7 heteroatoms. The van der Waals surface area contributed by atoms with Crippen LogP contribution in [0, 0.1) is 0 Å². The molecule has 0 radical (unpaired) electrons. The van der Waals surface area contributed by atoms with Crippen molar-refractivity contribution in [3.05, 3.63) is 12.3 Å². The molecule has 1 aliphatic heterocycles. The van der Waals surface area contributed by atoms with E-state index < -0.39 is 5.60 Å². The number of pyridine rings is 1. The number of amides is 1. The molecule has 23 heavy (non-hydrogen) atoms. The Balaban J connectivity index is 2.06. The van der Waals surface area contributed by atoms with E-state index >= 15 is 0 Å². The first-order valence-electron chi connectivity index (χ1n) is 7.97. The van der Waals surface area contributed by atoms with Crippen molar-refractivity contribution in [1.29, 1.82) is 0 Å². The van der Waals surface area contributed by atoms with E-state index in [2.05, 4.69) is 15.2 Å². The minimum Gasteiger partial charge on any atom is -0.444 e. The van der Waals surface area contributed by atoms with Gasteiger partial charge in [-0.3, -0.25) is 0 Å². The number of ether oxygens (including phenoxy) is 1. The second-order valence-corrected chi connectivity index (χ2v) is 6.65. The number of nitrogens with two attached hydrogens (primary N) is 1. The molecule has 1 aromatic heterocycles. The molecule has 1 aromatic rings. The summed E-state index contributed by atoms with van der Waals surface area (Å²) in [5, 5.41) is 3.00. The van der Waals surface area contributed by atoms with Crippen molar-refractivity contribution in [2.45, 2.75) is 32.8 Å². The van der Waals surface area contributed by atoms with Crippen LogP contribution >= 0.6 is 0 Å². The predicted molar refractivity (Wildman–Crippen MR) is 92.8 cm³/mol. The standard InChI is InChI=1S/C16H27N5O2/c1-16(2,3)23-15(22)21-9-5-8-20(10-11-21)12-6-7-19-14(18-4)13(12)17/h6-7H,5,8-11,17H2,1-4H3,(H,18,19). The fourth-order valence-electron chi connectivity index (χ4n) is 2.61. The van der Waals surface area contributed by atoms with Crippen molar-refractivity contribution in [1.82, 2.24) is 9.88 Å². The van der Waals surface area contributed by atoms with Crippen molar-refractivity contribution < 1.29 is 9.53 Å². The molecule has 0 aromatic carbocycles. The van der Waals surface area contributed by atoms with Crippen LogP contribution in [0.15, 0.2) is 12.3 Å². The lowest BCUT2D eigenvalue weighted by atomic mass is 10.2. The molecule has 1 fully saturated rings. The summed E-state index contributed by atoms with van der Waals surface area (Å²) in [6, 6.07) is 1.92. The summed E-state index contributed by atoms with van der Waals surface area (Å²) >= 11 is 0. The first-order valence-corrected chi connectivity index (χ1v) is 7.97. The van der Waals surface area contributed by atoms with Crippen LogP contribution in [0.3, 0.4) is 0 Å². The first kappa shape index (κ1) is 17.2. The van der Waals surface area contributed by atoms with Crippen LogP contribution in [0.5, 0.6) is 0 Å². The first-order chi connectivity index (χ1) is 10.8. The van der Waals surface area contributed by atoms with E-state index in [0.29, 0.717) is 24.6 Å². The number of hydrogen-bond donors (Lipinski definition) is 2. The maximum absolute atomic E-state index is 12.2. The van der Waals surface area contributed by atoms with Crippen molar-refractivity contribution >= 4 is 23.3 Å². The fraction of sp³-hybridized carbons (Fsp3) is 0.625. The fourth-order valence-corrected chi connectivity index (χ4v) is 2.61. The molecule has 3 N–H and O–H groups in total. The Kier molecular flexibility index (Phi) is 5.18. The van der Waals surface area contributed by atoms with Gasteiger partial charge in [0.15, 0.2) is 5.82 Å². The van der Waals surface area contributed by atoms with Crippen LogP contribution < -0.4 is 16.0 Å². The Morgan fingerprint density at radius 1 is 1.30 bits per heavy atom. The number of carbonyl (C=O) groups excluding carboxylic acids is 1. The molecule has 0 unspecified atom stereocenters. The number of nitrogens with one attached hydrogen (secondary N) is 1. The third kappa shape index (κ3) is 4.40. The quantitative estimate of drug-likeness (QED) is 0.868. The predicted octanol–water partition coefficient (Wildman–Crippen LogP) is 2.15. The second-order valence-electron chi connectivity index (χ2n) is 6.65. The van der Waals surface area contributed by atoms with Gasteiger partial charge < -0.3 is 25.6 Å². The van der Waals surface area contributed by atoms with E-state index in [-0.39, 0.29) is 6.09 Å². The Bertz CT molecular complexity index is 556. The molecule has 1 aliphatic rings. The molecular formula is C16H27N5O2. The van der Waals surface area contributed by atoms with Crippen LogP contribution in [0.1, 0.15) is 27.2 Å². The lowest BCUT2D eigenvalue weighted by Gasteiger charge is -2.27. The van der Waals surface area contributed by atoms with Gasteiger partial charge in [0.1, 0.15) is 5.60 Å². The van der Waals surface area contributed by atoms with E-state index in [4.69, 9.17) is 10.5 Å². The summed E-state index contributed by atoms with van der Waals surface area (Å²) in [5.41, 5.74) is 7.30. The van der Waals surface area contributed by atoms with Gasteiger partial charge in [-0.05, 0) is 33.3 Å². The summed E-state index contributed by atoms with van der Waals surface area (Å²) in [5.74, 6) is 0.677. The SMILES string of the molecule is CNc1nccc(N2CCCN(C(=O)OC(C)(C)C)CC2)c1N. The maximum atomic E-state index is 12.2. The summed E-state index contributed by atoms with van der Waals surface area (Å²) in [6.45, 7) is 8.51. The number of aromatic nitrogens is 1. The molecule has 7 nitrogen and oxygen atoms in total. The average molecular weight is 321 g/mol. The van der Waals surface area contributed by atoms with Crippen molar-refractivity contribution in [2.75, 3.05) is 49.2 Å². The zero-order chi connectivity index (χ0) is 17.0. The number of carbonyl (C=O) groups is 1. The summed E-state index contributed by atoms with van der Waals surface area (Å²) in [6.07, 6.45) is 2.36. The maximum Gasteiger partial charge on any atom is 0.410 e. The molecule has 0 saturated carbocycles. The van der Waals surface area contributed by atoms with E-state index in [1.165, 1.54) is 0 Å². The molecule has 0 atom stereocenters. The van der Waals surface area contributed by atoms with Gasteiger partial charge >= 0.3 is 6.09 Å². The van der Waals surface area contributed by atoms with Crippen LogP contribution in [0.2, 0.25) is 0 Å². The average Bonchev–Trinajstić information content (AvgIpc) is 2.71. The van der Waals surface area contributed by atoms with Gasteiger partial charge in [0, 0.05) is 39.4 Å². The van der Waals surface area contributed by atoms with Crippen molar-refractivity contribution in [2.24, 2.45) is 0 Å². The molecule has 2 rings (SSSR count). The highest BCUT2D eigenvalue weighted by molar-refractivity contribution is 5.78. The van der Waals surface area contributed by atoms with Crippen LogP contribution in [0.4, 0.5) is 22.0 Å². The van der Waals surface area contributed by atoms with E-state index in [9.17, 15) is 4.79 Å². The van der Waals surface area contributed by atoms with E-state index in [1.54, 1.807) is 18.1 Å². The van der Waals surface area contributed by atoms with Crippen LogP contribution in [-0.4, -0.2) is 54.8 Å². The number of rotatable bonds is 2. The molecule has 0 bridgehead atoms. The molecule has 128 valence electrons. The summed E-state index contributed by atoms with van der Waals surface area (Å²) < 4.78 is 5.46. The molecular weight excluding hydrogens is 294 g/mol. The zero-order valence-electron chi connectivity index (χ0n) is 14.4. The smallest absolute Gasteiger partial charge is 0.410 e. The molecule has 0 spiro atoms. The molecule has 2 heterocycles. The second kappa shape index (κ2) is 6.93. The van der Waals surface area contributed by atoms with Gasteiger partial charge in [0.05, 0.1) is 11.4 Å². The number of anilines is 3. The van der Waals surface area contributed by atoms with Gasteiger partial charge in [-0.1, -0.05) is 0 Å². The lowest BCUT2D eigenvalue weighted by molar-refractivity contribution is 0.0263. The van der Waals surface area contributed by atoms with Gasteiger partial charge in [-0.15, -0.1) is 0 Å². The van der Waals surface area contributed by atoms with Crippen molar-refractivity contribution in [3.8, 4) is 0 Å². The van der Waals surface area contributed by atoms with E-state index in [1.807, 2.05) is 26.8 Å². The van der Waals surface area contributed by atoms with Gasteiger partial charge in [-0.2, -0.15) is 0 Å². The summed E-state index contributed by atoms with van der Waals surface area (Å²) in [7, 11) is 1.80. The van der Waals surface area contributed by atoms with Crippen LogP contribution in [0.25, 0.3) is 0 Å². The molecule has 1 saturated heterocycles. The van der Waals surface area contributed by atoms with Gasteiger partial charge in [0.2, 0.25) is 0 Å². The Hall–Kier alpha value is -2.18. The van der Waals surface area contributed by atoms with Crippen molar-refractivity contribution in [3.63, 3.8) is 0 Å². The summed E-state index contributed by atoms with van der Waals surface area (Å²) in [4.78, 5) is 20.4. The Labute approximate surface area is 137 Å². The van der Waals surface area contributed by atoms with Crippen LogP contribution in [-0.2, 0) is 4.74 Å². The topological polar surface area (TPSA) is 83.7 Å². The highest BCUT2D eigenvalue weighted by Crippen LogP contribution is 2.29. The monoisotopic (exact) mass is 321 g/mol. The molecule has 1 amide bonds. The van der Waals surface area contributed by atoms with Gasteiger partial charge in [0.25, 0.3) is 0 Å². The number of nitrogens with zero attached hydrogens (tertiary/aromatic N) is 3. The third-order valence-electron chi connectivity index (χ3n) is 3.69. The number of nitrogen functional groups attached to an aromatic ring is 1. The lowest BCUT2D eigenvalue weighted by Crippen LogP contribution is -2.39. The highest BCUT2D eigenvalue weighted by atomic mass is 16.6.